The molecule has 0 N–H and O–H groups in total. The van der Waals surface area contributed by atoms with Crippen molar-refractivity contribution in [3.8, 4) is 0 Å². The molecule has 1 fully saturated rings. The SMILES string of the molecule is Cc1cc(N2CCC(c3ccsc3)C2)n2ncnc2n1. The van der Waals surface area contributed by atoms with E-state index in [1.165, 1.54) is 12.0 Å². The predicted octanol–water partition coefficient (Wildman–Crippen LogP) is 2.49. The monoisotopic (exact) mass is 285 g/mol. The van der Waals surface area contributed by atoms with Gasteiger partial charge >= 0.3 is 0 Å². The second-order valence-corrected chi connectivity index (χ2v) is 6.00. The van der Waals surface area contributed by atoms with Crippen molar-refractivity contribution in [2.75, 3.05) is 18.0 Å². The van der Waals surface area contributed by atoms with Crippen molar-refractivity contribution in [3.05, 3.63) is 40.5 Å². The van der Waals surface area contributed by atoms with Crippen LogP contribution < -0.4 is 4.90 Å². The molecule has 0 amide bonds. The first-order valence-corrected chi connectivity index (χ1v) is 7.70. The molecule has 0 saturated carbocycles. The van der Waals surface area contributed by atoms with Crippen LogP contribution in [0, 0.1) is 6.92 Å². The van der Waals surface area contributed by atoms with Crippen molar-refractivity contribution in [2.45, 2.75) is 19.3 Å². The molecule has 102 valence electrons. The Morgan fingerprint density at radius 3 is 3.20 bits per heavy atom. The van der Waals surface area contributed by atoms with Gasteiger partial charge in [0.05, 0.1) is 0 Å². The number of anilines is 1. The molecule has 3 aromatic heterocycles. The second-order valence-electron chi connectivity index (χ2n) is 5.22. The maximum atomic E-state index is 4.40. The molecule has 4 rings (SSSR count). The van der Waals surface area contributed by atoms with Crippen LogP contribution in [0.1, 0.15) is 23.6 Å². The molecule has 0 bridgehead atoms. The van der Waals surface area contributed by atoms with Gasteiger partial charge in [-0.2, -0.15) is 25.9 Å². The molecule has 0 spiro atoms. The fourth-order valence-corrected chi connectivity index (χ4v) is 3.63. The number of aryl methyl sites for hydroxylation is 1. The Bertz CT molecular complexity index is 733. The highest BCUT2D eigenvalue weighted by molar-refractivity contribution is 7.07. The molecule has 1 saturated heterocycles. The van der Waals surface area contributed by atoms with Gasteiger partial charge in [0, 0.05) is 30.8 Å². The highest BCUT2D eigenvalue weighted by atomic mass is 32.1. The minimum Gasteiger partial charge on any atom is -0.356 e. The largest absolute Gasteiger partial charge is 0.356 e. The maximum Gasteiger partial charge on any atom is 0.254 e. The Morgan fingerprint density at radius 1 is 1.40 bits per heavy atom. The van der Waals surface area contributed by atoms with Crippen LogP contribution in [0.4, 0.5) is 5.82 Å². The molecule has 4 heterocycles. The molecule has 0 aliphatic carbocycles. The van der Waals surface area contributed by atoms with Crippen molar-refractivity contribution >= 4 is 22.9 Å². The lowest BCUT2D eigenvalue weighted by molar-refractivity contribution is 0.774. The van der Waals surface area contributed by atoms with Crippen molar-refractivity contribution in [2.24, 2.45) is 0 Å². The normalized spacial score (nSPS) is 19.1. The average molecular weight is 285 g/mol. The minimum atomic E-state index is 0.619. The van der Waals surface area contributed by atoms with Gasteiger partial charge < -0.3 is 4.90 Å². The van der Waals surface area contributed by atoms with E-state index in [0.29, 0.717) is 11.7 Å². The highest BCUT2D eigenvalue weighted by Gasteiger charge is 2.26. The fraction of sp³-hybridized carbons (Fsp3) is 0.357. The molecule has 1 unspecified atom stereocenters. The van der Waals surface area contributed by atoms with Crippen LogP contribution >= 0.6 is 11.3 Å². The highest BCUT2D eigenvalue weighted by Crippen LogP contribution is 2.31. The summed E-state index contributed by atoms with van der Waals surface area (Å²) in [7, 11) is 0. The number of hydrogen-bond donors (Lipinski definition) is 0. The topological polar surface area (TPSA) is 46.3 Å². The summed E-state index contributed by atoms with van der Waals surface area (Å²) in [6, 6.07) is 4.33. The Hall–Kier alpha value is -1.95. The lowest BCUT2D eigenvalue weighted by Gasteiger charge is -2.19. The summed E-state index contributed by atoms with van der Waals surface area (Å²) in [5.74, 6) is 2.40. The zero-order valence-corrected chi connectivity index (χ0v) is 12.0. The van der Waals surface area contributed by atoms with Gasteiger partial charge in [-0.3, -0.25) is 0 Å². The third-order valence-electron chi connectivity index (χ3n) is 3.89. The number of hydrogen-bond acceptors (Lipinski definition) is 5. The van der Waals surface area contributed by atoms with Crippen LogP contribution in [-0.4, -0.2) is 32.7 Å². The first kappa shape index (κ1) is 11.8. The quantitative estimate of drug-likeness (QED) is 0.726. The minimum absolute atomic E-state index is 0.619. The van der Waals surface area contributed by atoms with Crippen LogP contribution in [0.25, 0.3) is 5.78 Å². The smallest absolute Gasteiger partial charge is 0.254 e. The van der Waals surface area contributed by atoms with Crippen LogP contribution in [0.15, 0.2) is 29.2 Å². The van der Waals surface area contributed by atoms with E-state index in [4.69, 9.17) is 0 Å². The van der Waals surface area contributed by atoms with Crippen molar-refractivity contribution < 1.29 is 0 Å². The second kappa shape index (κ2) is 4.56. The lowest BCUT2D eigenvalue weighted by Crippen LogP contribution is -2.22. The van der Waals surface area contributed by atoms with Gasteiger partial charge in [0.2, 0.25) is 0 Å². The van der Waals surface area contributed by atoms with E-state index in [1.807, 2.05) is 11.4 Å². The van der Waals surface area contributed by atoms with E-state index in [-0.39, 0.29) is 0 Å². The standard InChI is InChI=1S/C14H15N5S/c1-10-6-13(19-14(17-10)15-9-16-19)18-4-2-11(7-18)12-3-5-20-8-12/h3,5-6,8-9,11H,2,4,7H2,1H3. The number of nitrogens with zero attached hydrogens (tertiary/aromatic N) is 5. The first-order valence-electron chi connectivity index (χ1n) is 6.76. The summed E-state index contributed by atoms with van der Waals surface area (Å²) >= 11 is 1.77. The molecule has 6 heteroatoms. The van der Waals surface area contributed by atoms with Crippen molar-refractivity contribution in [1.29, 1.82) is 0 Å². The Morgan fingerprint density at radius 2 is 2.35 bits per heavy atom. The first-order chi connectivity index (χ1) is 9.81. The summed E-state index contributed by atoms with van der Waals surface area (Å²) in [5, 5.41) is 8.71. The van der Waals surface area contributed by atoms with Gasteiger partial charge in [0.15, 0.2) is 0 Å². The maximum absolute atomic E-state index is 4.40. The van der Waals surface area contributed by atoms with Crippen molar-refractivity contribution in [3.63, 3.8) is 0 Å². The van der Waals surface area contributed by atoms with E-state index in [9.17, 15) is 0 Å². The average Bonchev–Trinajstić information content (AvgIpc) is 3.18. The Balaban J connectivity index is 1.69. The van der Waals surface area contributed by atoms with Crippen LogP contribution in [0.3, 0.4) is 0 Å². The van der Waals surface area contributed by atoms with Crippen LogP contribution in [-0.2, 0) is 0 Å². The number of rotatable bonds is 2. The lowest BCUT2D eigenvalue weighted by atomic mass is 10.0. The summed E-state index contributed by atoms with van der Waals surface area (Å²) in [6.07, 6.45) is 2.76. The number of fused-ring (bicyclic) bond motifs is 1. The molecule has 1 aliphatic rings. The Labute approximate surface area is 120 Å². The summed E-state index contributed by atoms with van der Waals surface area (Å²) in [4.78, 5) is 11.0. The Kier molecular flexibility index (Phi) is 2.70. The third kappa shape index (κ3) is 1.87. The van der Waals surface area contributed by atoms with E-state index in [0.717, 1.165) is 24.6 Å². The molecule has 3 aromatic rings. The molecule has 1 atom stereocenters. The molecule has 20 heavy (non-hydrogen) atoms. The molecule has 5 nitrogen and oxygen atoms in total. The van der Waals surface area contributed by atoms with Gasteiger partial charge in [0.1, 0.15) is 12.1 Å². The zero-order chi connectivity index (χ0) is 13.5. The van der Waals surface area contributed by atoms with Gasteiger partial charge in [-0.25, -0.2) is 4.98 Å². The van der Waals surface area contributed by atoms with Gasteiger partial charge in [-0.05, 0) is 35.7 Å². The number of thiophene rings is 1. The van der Waals surface area contributed by atoms with Gasteiger partial charge in [-0.1, -0.05) is 0 Å². The van der Waals surface area contributed by atoms with E-state index in [2.05, 4.69) is 42.9 Å². The van der Waals surface area contributed by atoms with Crippen LogP contribution in [0.5, 0.6) is 0 Å². The van der Waals surface area contributed by atoms with Gasteiger partial charge in [-0.15, -0.1) is 0 Å². The van der Waals surface area contributed by atoms with Crippen LogP contribution in [0.2, 0.25) is 0 Å². The fourth-order valence-electron chi connectivity index (χ4n) is 2.88. The van der Waals surface area contributed by atoms with E-state index < -0.39 is 0 Å². The third-order valence-corrected chi connectivity index (χ3v) is 4.59. The van der Waals surface area contributed by atoms with E-state index in [1.54, 1.807) is 17.7 Å². The molecule has 1 aliphatic heterocycles. The van der Waals surface area contributed by atoms with Crippen molar-refractivity contribution in [1.82, 2.24) is 19.6 Å². The molecule has 0 aromatic carbocycles. The summed E-state index contributed by atoms with van der Waals surface area (Å²) < 4.78 is 1.84. The van der Waals surface area contributed by atoms with Gasteiger partial charge in [0.25, 0.3) is 5.78 Å². The zero-order valence-electron chi connectivity index (χ0n) is 11.2. The predicted molar refractivity (Wildman–Crippen MR) is 79.4 cm³/mol. The molecular formula is C14H15N5S. The summed E-state index contributed by atoms with van der Waals surface area (Å²) in [6.45, 7) is 4.10. The molecular weight excluding hydrogens is 270 g/mol. The molecule has 0 radical (unpaired) electrons. The summed E-state index contributed by atoms with van der Waals surface area (Å²) in [5.41, 5.74) is 2.44. The van der Waals surface area contributed by atoms with E-state index >= 15 is 0 Å². The number of aromatic nitrogens is 4.